The number of carbonyl (C=O) groups is 3. The molecule has 27 heavy (non-hydrogen) atoms. The van der Waals surface area contributed by atoms with E-state index < -0.39 is 0 Å². The Kier molecular flexibility index (Phi) is 5.54. The van der Waals surface area contributed by atoms with Crippen LogP contribution in [0.3, 0.4) is 0 Å². The zero-order valence-corrected chi connectivity index (χ0v) is 15.6. The summed E-state index contributed by atoms with van der Waals surface area (Å²) in [5.74, 6) is -0.387. The highest BCUT2D eigenvalue weighted by atomic mass is 16.2. The van der Waals surface area contributed by atoms with Gasteiger partial charge in [-0.2, -0.15) is 0 Å². The molecule has 0 spiro atoms. The first-order valence-electron chi connectivity index (χ1n) is 9.03. The number of nitrogens with zero attached hydrogens (tertiary/aromatic N) is 2. The van der Waals surface area contributed by atoms with Crippen LogP contribution in [-0.4, -0.2) is 42.8 Å². The molecule has 3 rings (SSSR count). The Morgan fingerprint density at radius 2 is 1.85 bits per heavy atom. The van der Waals surface area contributed by atoms with E-state index in [1.54, 1.807) is 30.1 Å². The SMILES string of the molecule is CCC(=O)N1CCc2cc(C(=O)N(C)CC(=O)Nc3ccccc3)ccc21. The van der Waals surface area contributed by atoms with Crippen LogP contribution in [0.5, 0.6) is 0 Å². The molecule has 0 aliphatic carbocycles. The van der Waals surface area contributed by atoms with E-state index >= 15 is 0 Å². The molecule has 1 aliphatic rings. The number of nitrogens with one attached hydrogen (secondary N) is 1. The topological polar surface area (TPSA) is 69.7 Å². The van der Waals surface area contributed by atoms with Gasteiger partial charge in [-0.1, -0.05) is 25.1 Å². The van der Waals surface area contributed by atoms with Gasteiger partial charge >= 0.3 is 0 Å². The number of carbonyl (C=O) groups excluding carboxylic acids is 3. The van der Waals surface area contributed by atoms with Gasteiger partial charge in [0.1, 0.15) is 0 Å². The Bertz CT molecular complexity index is 864. The minimum absolute atomic E-state index is 0.0365. The summed E-state index contributed by atoms with van der Waals surface area (Å²) in [7, 11) is 1.60. The van der Waals surface area contributed by atoms with Crippen LogP contribution in [0.1, 0.15) is 29.3 Å². The van der Waals surface area contributed by atoms with Crippen molar-refractivity contribution >= 4 is 29.1 Å². The largest absolute Gasteiger partial charge is 0.332 e. The van der Waals surface area contributed by atoms with Crippen molar-refractivity contribution in [2.45, 2.75) is 19.8 Å². The van der Waals surface area contributed by atoms with Gasteiger partial charge in [0, 0.05) is 37.0 Å². The molecule has 6 nitrogen and oxygen atoms in total. The second-order valence-corrected chi connectivity index (χ2v) is 6.57. The van der Waals surface area contributed by atoms with E-state index in [4.69, 9.17) is 0 Å². The Balaban J connectivity index is 1.65. The Morgan fingerprint density at radius 3 is 2.56 bits per heavy atom. The van der Waals surface area contributed by atoms with Crippen molar-refractivity contribution in [3.8, 4) is 0 Å². The van der Waals surface area contributed by atoms with Crippen LogP contribution >= 0.6 is 0 Å². The van der Waals surface area contributed by atoms with Crippen molar-refractivity contribution in [1.82, 2.24) is 4.90 Å². The lowest BCUT2D eigenvalue weighted by Crippen LogP contribution is -2.35. The fourth-order valence-corrected chi connectivity index (χ4v) is 3.21. The third-order valence-corrected chi connectivity index (χ3v) is 4.61. The summed E-state index contributed by atoms with van der Waals surface area (Å²) in [6.07, 6.45) is 1.19. The number of likely N-dealkylation sites (N-methyl/N-ethyl adjacent to an activating group) is 1. The predicted octanol–water partition coefficient (Wildman–Crippen LogP) is 2.70. The molecule has 1 aliphatic heterocycles. The molecule has 1 heterocycles. The average molecular weight is 365 g/mol. The number of fused-ring (bicyclic) bond motifs is 1. The van der Waals surface area contributed by atoms with Gasteiger partial charge in [-0.3, -0.25) is 14.4 Å². The Hall–Kier alpha value is -3.15. The van der Waals surface area contributed by atoms with Gasteiger partial charge in [0.05, 0.1) is 6.54 Å². The molecule has 6 heteroatoms. The minimum Gasteiger partial charge on any atom is -0.332 e. The summed E-state index contributed by atoms with van der Waals surface area (Å²) >= 11 is 0. The van der Waals surface area contributed by atoms with Crippen molar-refractivity contribution < 1.29 is 14.4 Å². The number of hydrogen-bond donors (Lipinski definition) is 1. The van der Waals surface area contributed by atoms with Gasteiger partial charge < -0.3 is 15.1 Å². The summed E-state index contributed by atoms with van der Waals surface area (Å²) in [6.45, 7) is 2.45. The lowest BCUT2D eigenvalue weighted by Gasteiger charge is -2.19. The van der Waals surface area contributed by atoms with Crippen LogP contribution in [-0.2, 0) is 16.0 Å². The quantitative estimate of drug-likeness (QED) is 0.886. The highest BCUT2D eigenvalue weighted by Gasteiger charge is 2.25. The van der Waals surface area contributed by atoms with E-state index in [1.807, 2.05) is 37.3 Å². The number of para-hydroxylation sites is 1. The lowest BCUT2D eigenvalue weighted by atomic mass is 10.1. The smallest absolute Gasteiger partial charge is 0.254 e. The number of amides is 3. The molecule has 3 amide bonds. The average Bonchev–Trinajstić information content (AvgIpc) is 3.10. The molecule has 2 aromatic carbocycles. The van der Waals surface area contributed by atoms with Crippen molar-refractivity contribution in [1.29, 1.82) is 0 Å². The van der Waals surface area contributed by atoms with Crippen molar-refractivity contribution in [3.63, 3.8) is 0 Å². The molecule has 1 N–H and O–H groups in total. The molecule has 140 valence electrons. The molecular weight excluding hydrogens is 342 g/mol. The van der Waals surface area contributed by atoms with E-state index in [0.717, 1.165) is 17.7 Å². The Morgan fingerprint density at radius 1 is 1.11 bits per heavy atom. The van der Waals surface area contributed by atoms with Gasteiger partial charge in [-0.05, 0) is 42.3 Å². The molecule has 0 saturated heterocycles. The van der Waals surface area contributed by atoms with E-state index in [-0.39, 0.29) is 24.3 Å². The fraction of sp³-hybridized carbons (Fsp3) is 0.286. The third kappa shape index (κ3) is 4.16. The highest BCUT2D eigenvalue weighted by molar-refractivity contribution is 6.01. The van der Waals surface area contributed by atoms with Gasteiger partial charge in [-0.25, -0.2) is 0 Å². The maximum absolute atomic E-state index is 12.7. The van der Waals surface area contributed by atoms with Crippen molar-refractivity contribution in [2.75, 3.05) is 30.4 Å². The zero-order chi connectivity index (χ0) is 19.4. The van der Waals surface area contributed by atoms with Crippen LogP contribution < -0.4 is 10.2 Å². The molecule has 0 radical (unpaired) electrons. The van der Waals surface area contributed by atoms with Gasteiger partial charge in [-0.15, -0.1) is 0 Å². The molecule has 0 saturated carbocycles. The van der Waals surface area contributed by atoms with Crippen LogP contribution in [0, 0.1) is 0 Å². The molecule has 0 aromatic heterocycles. The normalized spacial score (nSPS) is 12.4. The number of hydrogen-bond acceptors (Lipinski definition) is 3. The first kappa shape index (κ1) is 18.6. The van der Waals surface area contributed by atoms with Crippen molar-refractivity contribution in [2.24, 2.45) is 0 Å². The van der Waals surface area contributed by atoms with E-state index in [9.17, 15) is 14.4 Å². The zero-order valence-electron chi connectivity index (χ0n) is 15.6. The number of benzene rings is 2. The first-order valence-corrected chi connectivity index (χ1v) is 9.03. The molecule has 0 unspecified atom stereocenters. The second kappa shape index (κ2) is 8.03. The fourth-order valence-electron chi connectivity index (χ4n) is 3.21. The summed E-state index contributed by atoms with van der Waals surface area (Å²) in [4.78, 5) is 40.0. The summed E-state index contributed by atoms with van der Waals surface area (Å²) in [5, 5.41) is 2.77. The lowest BCUT2D eigenvalue weighted by molar-refractivity contribution is -0.118. The number of rotatable bonds is 5. The van der Waals surface area contributed by atoms with Crippen LogP contribution in [0.15, 0.2) is 48.5 Å². The first-order chi connectivity index (χ1) is 13.0. The predicted molar refractivity (Wildman–Crippen MR) is 105 cm³/mol. The van der Waals surface area contributed by atoms with Gasteiger partial charge in [0.2, 0.25) is 11.8 Å². The molecule has 0 fully saturated rings. The summed E-state index contributed by atoms with van der Waals surface area (Å²) < 4.78 is 0. The Labute approximate surface area is 158 Å². The van der Waals surface area contributed by atoms with E-state index in [1.165, 1.54) is 4.90 Å². The monoisotopic (exact) mass is 365 g/mol. The van der Waals surface area contributed by atoms with Gasteiger partial charge in [0.15, 0.2) is 0 Å². The van der Waals surface area contributed by atoms with E-state index in [2.05, 4.69) is 5.32 Å². The van der Waals surface area contributed by atoms with Crippen LogP contribution in [0.2, 0.25) is 0 Å². The van der Waals surface area contributed by atoms with Crippen molar-refractivity contribution in [3.05, 3.63) is 59.7 Å². The maximum Gasteiger partial charge on any atom is 0.254 e. The van der Waals surface area contributed by atoms with Gasteiger partial charge in [0.25, 0.3) is 5.91 Å². The molecule has 0 bridgehead atoms. The second-order valence-electron chi connectivity index (χ2n) is 6.57. The standard InChI is InChI=1S/C21H23N3O3/c1-3-20(26)24-12-11-15-13-16(9-10-18(15)24)21(27)23(2)14-19(25)22-17-7-5-4-6-8-17/h4-10,13H,3,11-12,14H2,1-2H3,(H,22,25). The van der Waals surface area contributed by atoms with E-state index in [0.29, 0.717) is 24.2 Å². The van der Waals surface area contributed by atoms with Crippen LogP contribution in [0.25, 0.3) is 0 Å². The summed E-state index contributed by atoms with van der Waals surface area (Å²) in [6, 6.07) is 14.5. The molecule has 0 atom stereocenters. The minimum atomic E-state index is -0.252. The van der Waals surface area contributed by atoms with Crippen LogP contribution in [0.4, 0.5) is 11.4 Å². The third-order valence-electron chi connectivity index (χ3n) is 4.61. The highest BCUT2D eigenvalue weighted by Crippen LogP contribution is 2.29. The number of anilines is 2. The molecular formula is C21H23N3O3. The summed E-state index contributed by atoms with van der Waals surface area (Å²) in [5.41, 5.74) is 3.09. The molecule has 2 aromatic rings. The maximum atomic E-state index is 12.7.